The molecule has 104 valence electrons. The van der Waals surface area contributed by atoms with Crippen LogP contribution in [-0.2, 0) is 0 Å². The van der Waals surface area contributed by atoms with Crippen LogP contribution in [0.1, 0.15) is 15.4 Å². The van der Waals surface area contributed by atoms with Crippen LogP contribution in [-0.4, -0.2) is 35.2 Å². The van der Waals surface area contributed by atoms with Crippen molar-refractivity contribution in [3.05, 3.63) is 10.6 Å². The fourth-order valence-electron chi connectivity index (χ4n) is 1.05. The fraction of sp³-hybridized carbons (Fsp3) is 0.333. The van der Waals surface area contributed by atoms with Crippen molar-refractivity contribution in [1.29, 1.82) is 0 Å². The first kappa shape index (κ1) is 15.5. The maximum absolute atomic E-state index is 11.9. The number of rotatable bonds is 2. The van der Waals surface area contributed by atoms with E-state index in [4.69, 9.17) is 24.4 Å². The van der Waals surface area contributed by atoms with E-state index in [-0.39, 0.29) is 5.91 Å². The molecular weight excluding hydrogens is 304 g/mol. The molecule has 1 rings (SSSR count). The number of aromatic nitrogens is 1. The van der Waals surface area contributed by atoms with Gasteiger partial charge in [0.1, 0.15) is 4.88 Å². The first-order valence-corrected chi connectivity index (χ1v) is 6.85. The van der Waals surface area contributed by atoms with Gasteiger partial charge in [-0.05, 0) is 31.4 Å². The SMILES string of the molecule is CNC(=S)NNC(=O)c1sc(NC(=S)NC)nc1C. The summed E-state index contributed by atoms with van der Waals surface area (Å²) < 4.78 is 0. The van der Waals surface area contributed by atoms with Gasteiger partial charge in [0.05, 0.1) is 5.69 Å². The number of nitrogens with zero attached hydrogens (tertiary/aromatic N) is 1. The maximum atomic E-state index is 11.9. The van der Waals surface area contributed by atoms with Crippen LogP contribution in [0.3, 0.4) is 0 Å². The third kappa shape index (κ3) is 4.58. The van der Waals surface area contributed by atoms with Gasteiger partial charge in [-0.25, -0.2) is 4.98 Å². The smallest absolute Gasteiger partial charge is 0.281 e. The minimum atomic E-state index is -0.309. The van der Waals surface area contributed by atoms with E-state index in [1.165, 1.54) is 11.3 Å². The fourth-order valence-corrected chi connectivity index (χ4v) is 2.13. The lowest BCUT2D eigenvalue weighted by Gasteiger charge is -2.07. The summed E-state index contributed by atoms with van der Waals surface area (Å²) in [5, 5.41) is 9.64. The van der Waals surface area contributed by atoms with Gasteiger partial charge >= 0.3 is 0 Å². The molecule has 0 saturated heterocycles. The van der Waals surface area contributed by atoms with E-state index in [1.807, 2.05) is 0 Å². The maximum Gasteiger partial charge on any atom is 0.281 e. The molecule has 1 aromatic rings. The van der Waals surface area contributed by atoms with E-state index in [9.17, 15) is 4.79 Å². The number of hydrogen-bond acceptors (Lipinski definition) is 5. The molecule has 19 heavy (non-hydrogen) atoms. The molecule has 1 aromatic heterocycles. The number of aryl methyl sites for hydroxylation is 1. The van der Waals surface area contributed by atoms with Gasteiger partial charge in [0.25, 0.3) is 5.91 Å². The summed E-state index contributed by atoms with van der Waals surface area (Å²) in [5.41, 5.74) is 5.64. The molecule has 0 saturated carbocycles. The molecule has 0 bridgehead atoms. The summed E-state index contributed by atoms with van der Waals surface area (Å²) in [6.45, 7) is 1.75. The molecule has 0 aliphatic heterocycles. The highest BCUT2D eigenvalue weighted by molar-refractivity contribution is 7.80. The molecular formula is C9H14N6OS3. The number of carbonyl (C=O) groups is 1. The third-order valence-electron chi connectivity index (χ3n) is 1.97. The lowest BCUT2D eigenvalue weighted by molar-refractivity contribution is 0.0947. The van der Waals surface area contributed by atoms with Crippen molar-refractivity contribution in [1.82, 2.24) is 26.5 Å². The molecule has 5 N–H and O–H groups in total. The Morgan fingerprint density at radius 2 is 1.79 bits per heavy atom. The monoisotopic (exact) mass is 318 g/mol. The summed E-state index contributed by atoms with van der Waals surface area (Å²) in [7, 11) is 3.35. The Balaban J connectivity index is 2.70. The van der Waals surface area contributed by atoms with Gasteiger partial charge in [-0.1, -0.05) is 11.3 Å². The quantitative estimate of drug-likeness (QED) is 0.388. The average Bonchev–Trinajstić information content (AvgIpc) is 2.76. The normalized spacial score (nSPS) is 9.42. The summed E-state index contributed by atoms with van der Waals surface area (Å²) in [6.07, 6.45) is 0. The third-order valence-corrected chi connectivity index (χ3v) is 3.65. The van der Waals surface area contributed by atoms with Crippen LogP contribution in [0.5, 0.6) is 0 Å². The molecule has 1 heterocycles. The van der Waals surface area contributed by atoms with Gasteiger partial charge in [-0.2, -0.15) is 0 Å². The first-order valence-electron chi connectivity index (χ1n) is 5.22. The summed E-state index contributed by atoms with van der Waals surface area (Å²) in [6, 6.07) is 0. The zero-order chi connectivity index (χ0) is 14.4. The standard InChI is InChI=1S/C9H14N6OS3/c1-4-5(6(16)14-15-8(18)11-3)19-9(12-4)13-7(17)10-2/h1-3H3,(H,14,16)(H2,11,15,18)(H2,10,12,13,17). The topological polar surface area (TPSA) is 90.1 Å². The highest BCUT2D eigenvalue weighted by Crippen LogP contribution is 2.22. The number of thiocarbonyl (C=S) groups is 2. The van der Waals surface area contributed by atoms with Gasteiger partial charge in [0.15, 0.2) is 15.4 Å². The molecule has 10 heteroatoms. The molecule has 1 amide bonds. The molecule has 0 atom stereocenters. The minimum absolute atomic E-state index is 0.309. The number of amides is 1. The Morgan fingerprint density at radius 1 is 1.16 bits per heavy atom. The van der Waals surface area contributed by atoms with Crippen LogP contribution >= 0.6 is 35.8 Å². The molecule has 0 fully saturated rings. The van der Waals surface area contributed by atoms with E-state index in [2.05, 4.69) is 31.8 Å². The van der Waals surface area contributed by atoms with Crippen molar-refractivity contribution in [2.75, 3.05) is 19.4 Å². The summed E-state index contributed by atoms with van der Waals surface area (Å²) in [4.78, 5) is 16.6. The second kappa shape index (κ2) is 7.16. The van der Waals surface area contributed by atoms with E-state index in [0.717, 1.165) is 0 Å². The predicted molar refractivity (Wildman–Crippen MR) is 84.4 cm³/mol. The largest absolute Gasteiger partial charge is 0.365 e. The Labute approximate surface area is 125 Å². The predicted octanol–water partition coefficient (Wildman–Crippen LogP) is 0.106. The molecule has 0 unspecified atom stereocenters. The Bertz CT molecular complexity index is 500. The van der Waals surface area contributed by atoms with Gasteiger partial charge in [0.2, 0.25) is 0 Å². The van der Waals surface area contributed by atoms with Crippen LogP contribution < -0.4 is 26.8 Å². The minimum Gasteiger partial charge on any atom is -0.365 e. The van der Waals surface area contributed by atoms with E-state index >= 15 is 0 Å². The van der Waals surface area contributed by atoms with E-state index in [0.29, 0.717) is 25.9 Å². The van der Waals surface area contributed by atoms with E-state index in [1.54, 1.807) is 21.0 Å². The van der Waals surface area contributed by atoms with Crippen LogP contribution in [0.25, 0.3) is 0 Å². The molecule has 0 spiro atoms. The van der Waals surface area contributed by atoms with Gasteiger partial charge < -0.3 is 16.0 Å². The van der Waals surface area contributed by atoms with Crippen LogP contribution in [0.2, 0.25) is 0 Å². The summed E-state index contributed by atoms with van der Waals surface area (Å²) >= 11 is 11.0. The highest BCUT2D eigenvalue weighted by atomic mass is 32.1. The van der Waals surface area contributed by atoms with Gasteiger partial charge in [0, 0.05) is 14.1 Å². The second-order valence-electron chi connectivity index (χ2n) is 3.30. The van der Waals surface area contributed by atoms with Gasteiger partial charge in [-0.15, -0.1) is 0 Å². The number of hydrogen-bond donors (Lipinski definition) is 5. The van der Waals surface area contributed by atoms with Crippen molar-refractivity contribution in [2.45, 2.75) is 6.92 Å². The first-order chi connectivity index (χ1) is 8.97. The lowest BCUT2D eigenvalue weighted by atomic mass is 10.4. The van der Waals surface area contributed by atoms with Crippen molar-refractivity contribution in [2.24, 2.45) is 0 Å². The number of anilines is 1. The Morgan fingerprint density at radius 3 is 2.37 bits per heavy atom. The van der Waals surface area contributed by atoms with Crippen molar-refractivity contribution < 1.29 is 4.79 Å². The molecule has 7 nitrogen and oxygen atoms in total. The zero-order valence-corrected chi connectivity index (χ0v) is 13.0. The molecule has 0 aromatic carbocycles. The number of nitrogens with one attached hydrogen (secondary N) is 5. The Hall–Kier alpha value is -1.52. The zero-order valence-electron chi connectivity index (χ0n) is 10.6. The summed E-state index contributed by atoms with van der Waals surface area (Å²) in [5.74, 6) is -0.309. The van der Waals surface area contributed by atoms with E-state index < -0.39 is 0 Å². The van der Waals surface area contributed by atoms with Crippen molar-refractivity contribution >= 4 is 57.0 Å². The second-order valence-corrected chi connectivity index (χ2v) is 5.11. The molecule has 0 aliphatic carbocycles. The van der Waals surface area contributed by atoms with Gasteiger partial charge in [-0.3, -0.25) is 15.6 Å². The molecule has 0 aliphatic rings. The van der Waals surface area contributed by atoms with Crippen LogP contribution in [0, 0.1) is 6.92 Å². The average molecular weight is 318 g/mol. The van der Waals surface area contributed by atoms with Crippen molar-refractivity contribution in [3.8, 4) is 0 Å². The number of carbonyl (C=O) groups excluding carboxylic acids is 1. The molecule has 0 radical (unpaired) electrons. The van der Waals surface area contributed by atoms with Crippen LogP contribution in [0.4, 0.5) is 5.13 Å². The van der Waals surface area contributed by atoms with Crippen LogP contribution in [0.15, 0.2) is 0 Å². The van der Waals surface area contributed by atoms with Crippen molar-refractivity contribution in [3.63, 3.8) is 0 Å². The number of hydrazine groups is 1. The highest BCUT2D eigenvalue weighted by Gasteiger charge is 2.15. The number of thiazole rings is 1. The lowest BCUT2D eigenvalue weighted by Crippen LogP contribution is -2.45. The Kier molecular flexibility index (Phi) is 5.86.